The molecule has 0 bridgehead atoms. The van der Waals surface area contributed by atoms with Crippen LogP contribution in [-0.4, -0.2) is 64.9 Å². The van der Waals surface area contributed by atoms with Gasteiger partial charge in [0.05, 0.1) is 12.6 Å². The smallest absolute Gasteiger partial charge is 0.326 e. The third-order valence-electron chi connectivity index (χ3n) is 5.06. The highest BCUT2D eigenvalue weighted by Crippen LogP contribution is 2.19. The molecule has 3 amide bonds. The number of nitrogens with zero attached hydrogens (tertiary/aromatic N) is 1. The van der Waals surface area contributed by atoms with Crippen molar-refractivity contribution in [3.63, 3.8) is 0 Å². The Hall–Kier alpha value is -2.16. The third kappa shape index (κ3) is 6.20. The Morgan fingerprint density at radius 2 is 1.85 bits per heavy atom. The molecule has 0 aromatic carbocycles. The molecule has 27 heavy (non-hydrogen) atoms. The molecule has 0 aromatic rings. The number of carboxylic acids is 1. The van der Waals surface area contributed by atoms with Gasteiger partial charge in [-0.2, -0.15) is 0 Å². The summed E-state index contributed by atoms with van der Waals surface area (Å²) in [5.41, 5.74) is 5.91. The van der Waals surface area contributed by atoms with E-state index < -0.39 is 35.9 Å². The van der Waals surface area contributed by atoms with Gasteiger partial charge in [-0.1, -0.05) is 34.1 Å². The van der Waals surface area contributed by atoms with Gasteiger partial charge in [0, 0.05) is 6.54 Å². The first-order valence-corrected chi connectivity index (χ1v) is 9.46. The Morgan fingerprint density at radius 1 is 1.22 bits per heavy atom. The Labute approximate surface area is 160 Å². The molecule has 0 aromatic heterocycles. The SMILES string of the molecule is CCC(C)C(NC(=O)CNC(=O)C1CCCN1C(=O)C(N)C(C)C)C(=O)O. The molecule has 0 radical (unpaired) electrons. The van der Waals surface area contributed by atoms with E-state index in [9.17, 15) is 24.3 Å². The predicted molar refractivity (Wildman–Crippen MR) is 99.6 cm³/mol. The van der Waals surface area contributed by atoms with E-state index in [0.29, 0.717) is 25.8 Å². The summed E-state index contributed by atoms with van der Waals surface area (Å²) in [4.78, 5) is 49.6. The van der Waals surface area contributed by atoms with Gasteiger partial charge in [0.25, 0.3) is 0 Å². The summed E-state index contributed by atoms with van der Waals surface area (Å²) in [7, 11) is 0. The van der Waals surface area contributed by atoms with Gasteiger partial charge in [-0.3, -0.25) is 14.4 Å². The zero-order chi connectivity index (χ0) is 20.7. The lowest BCUT2D eigenvalue weighted by Crippen LogP contribution is -2.54. The van der Waals surface area contributed by atoms with Crippen molar-refractivity contribution in [2.75, 3.05) is 13.1 Å². The maximum Gasteiger partial charge on any atom is 0.326 e. The number of aliphatic carboxylic acids is 1. The first-order valence-electron chi connectivity index (χ1n) is 9.46. The van der Waals surface area contributed by atoms with E-state index in [1.807, 2.05) is 20.8 Å². The van der Waals surface area contributed by atoms with Gasteiger partial charge in [-0.05, 0) is 24.7 Å². The van der Waals surface area contributed by atoms with Crippen molar-refractivity contribution in [2.45, 2.75) is 65.1 Å². The van der Waals surface area contributed by atoms with Crippen LogP contribution in [0.15, 0.2) is 0 Å². The summed E-state index contributed by atoms with van der Waals surface area (Å²) in [6.07, 6.45) is 1.80. The molecule has 1 saturated heterocycles. The van der Waals surface area contributed by atoms with E-state index in [2.05, 4.69) is 10.6 Å². The second kappa shape index (κ2) is 10.2. The largest absolute Gasteiger partial charge is 0.480 e. The molecule has 4 unspecified atom stereocenters. The quantitative estimate of drug-likeness (QED) is 0.430. The third-order valence-corrected chi connectivity index (χ3v) is 5.06. The van der Waals surface area contributed by atoms with Crippen LogP contribution in [0.2, 0.25) is 0 Å². The van der Waals surface area contributed by atoms with Gasteiger partial charge in [0.2, 0.25) is 17.7 Å². The predicted octanol–water partition coefficient (Wildman–Crippen LogP) is -0.308. The van der Waals surface area contributed by atoms with Crippen LogP contribution in [0, 0.1) is 11.8 Å². The molecule has 9 nitrogen and oxygen atoms in total. The number of hydrogen-bond donors (Lipinski definition) is 4. The number of hydrogen-bond acceptors (Lipinski definition) is 5. The Balaban J connectivity index is 2.61. The lowest BCUT2D eigenvalue weighted by molar-refractivity contribution is -0.143. The molecule has 4 atom stereocenters. The van der Waals surface area contributed by atoms with Crippen molar-refractivity contribution in [2.24, 2.45) is 17.6 Å². The minimum atomic E-state index is -1.11. The zero-order valence-electron chi connectivity index (χ0n) is 16.5. The Morgan fingerprint density at radius 3 is 2.37 bits per heavy atom. The van der Waals surface area contributed by atoms with Crippen LogP contribution in [0.25, 0.3) is 0 Å². The fourth-order valence-electron chi connectivity index (χ4n) is 2.97. The van der Waals surface area contributed by atoms with Crippen molar-refractivity contribution in [3.8, 4) is 0 Å². The summed E-state index contributed by atoms with van der Waals surface area (Å²) < 4.78 is 0. The van der Waals surface area contributed by atoms with E-state index in [0.717, 1.165) is 0 Å². The molecule has 1 fully saturated rings. The second-order valence-corrected chi connectivity index (χ2v) is 7.45. The maximum atomic E-state index is 12.4. The van der Waals surface area contributed by atoms with Crippen LogP contribution in [0.3, 0.4) is 0 Å². The van der Waals surface area contributed by atoms with Crippen LogP contribution in [0.1, 0.15) is 47.0 Å². The summed E-state index contributed by atoms with van der Waals surface area (Å²) in [5.74, 6) is -2.66. The average molecular weight is 384 g/mol. The number of nitrogens with two attached hydrogens (primary N) is 1. The summed E-state index contributed by atoms with van der Waals surface area (Å²) >= 11 is 0. The second-order valence-electron chi connectivity index (χ2n) is 7.45. The lowest BCUT2D eigenvalue weighted by Gasteiger charge is -2.28. The molecular weight excluding hydrogens is 352 g/mol. The number of carboxylic acid groups (broad SMARTS) is 1. The molecule has 1 rings (SSSR count). The van der Waals surface area contributed by atoms with Crippen LogP contribution in [0.4, 0.5) is 0 Å². The number of amides is 3. The van der Waals surface area contributed by atoms with Crippen molar-refractivity contribution in [1.29, 1.82) is 0 Å². The minimum Gasteiger partial charge on any atom is -0.480 e. The molecule has 9 heteroatoms. The summed E-state index contributed by atoms with van der Waals surface area (Å²) in [5, 5.41) is 14.1. The number of likely N-dealkylation sites (tertiary alicyclic amines) is 1. The highest BCUT2D eigenvalue weighted by molar-refractivity contribution is 5.93. The summed E-state index contributed by atoms with van der Waals surface area (Å²) in [6.45, 7) is 7.37. The van der Waals surface area contributed by atoms with E-state index >= 15 is 0 Å². The highest BCUT2D eigenvalue weighted by Gasteiger charge is 2.37. The van der Waals surface area contributed by atoms with Gasteiger partial charge >= 0.3 is 5.97 Å². The molecule has 0 spiro atoms. The topological polar surface area (TPSA) is 142 Å². The van der Waals surface area contributed by atoms with Gasteiger partial charge < -0.3 is 26.4 Å². The molecule has 0 saturated carbocycles. The molecule has 1 heterocycles. The zero-order valence-corrected chi connectivity index (χ0v) is 16.5. The first-order chi connectivity index (χ1) is 12.6. The Bertz CT molecular complexity index is 566. The van der Waals surface area contributed by atoms with Crippen LogP contribution < -0.4 is 16.4 Å². The van der Waals surface area contributed by atoms with Crippen molar-refractivity contribution < 1.29 is 24.3 Å². The molecule has 154 valence electrons. The van der Waals surface area contributed by atoms with Gasteiger partial charge in [-0.25, -0.2) is 4.79 Å². The van der Waals surface area contributed by atoms with Gasteiger partial charge in [-0.15, -0.1) is 0 Å². The van der Waals surface area contributed by atoms with Crippen molar-refractivity contribution in [3.05, 3.63) is 0 Å². The molecule has 5 N–H and O–H groups in total. The number of carbonyl (C=O) groups excluding carboxylic acids is 3. The number of nitrogens with one attached hydrogen (secondary N) is 2. The minimum absolute atomic E-state index is 0.0407. The molecule has 0 aliphatic carbocycles. The average Bonchev–Trinajstić information content (AvgIpc) is 3.11. The van der Waals surface area contributed by atoms with Crippen LogP contribution in [-0.2, 0) is 19.2 Å². The summed E-state index contributed by atoms with van der Waals surface area (Å²) in [6, 6.07) is -2.33. The molecule has 1 aliphatic rings. The normalized spacial score (nSPS) is 20.1. The van der Waals surface area contributed by atoms with E-state index in [4.69, 9.17) is 5.73 Å². The lowest BCUT2D eigenvalue weighted by atomic mass is 9.99. The standard InChI is InChI=1S/C18H32N4O5/c1-5-11(4)15(18(26)27)21-13(23)9-20-16(24)12-7-6-8-22(12)17(25)14(19)10(2)3/h10-12,14-15H,5-9,19H2,1-4H3,(H,20,24)(H,21,23)(H,26,27). The monoisotopic (exact) mass is 384 g/mol. The molecule has 1 aliphatic heterocycles. The van der Waals surface area contributed by atoms with E-state index in [-0.39, 0.29) is 24.3 Å². The van der Waals surface area contributed by atoms with E-state index in [1.54, 1.807) is 6.92 Å². The fraction of sp³-hybridized carbons (Fsp3) is 0.778. The van der Waals surface area contributed by atoms with Gasteiger partial charge in [0.1, 0.15) is 12.1 Å². The Kier molecular flexibility index (Phi) is 8.68. The molecular formula is C18H32N4O5. The first kappa shape index (κ1) is 22.9. The van der Waals surface area contributed by atoms with Crippen molar-refractivity contribution >= 4 is 23.7 Å². The van der Waals surface area contributed by atoms with Crippen LogP contribution >= 0.6 is 0 Å². The number of rotatable bonds is 9. The van der Waals surface area contributed by atoms with E-state index in [1.165, 1.54) is 4.90 Å². The van der Waals surface area contributed by atoms with Gasteiger partial charge in [0.15, 0.2) is 0 Å². The van der Waals surface area contributed by atoms with Crippen molar-refractivity contribution in [1.82, 2.24) is 15.5 Å². The van der Waals surface area contributed by atoms with Crippen LogP contribution in [0.5, 0.6) is 0 Å². The highest BCUT2D eigenvalue weighted by atomic mass is 16.4. The maximum absolute atomic E-state index is 12.4. The number of carbonyl (C=O) groups is 4. The fourth-order valence-corrected chi connectivity index (χ4v) is 2.97.